The fourth-order valence-corrected chi connectivity index (χ4v) is 1.60. The molecule has 8 heteroatoms. The molecule has 2 atom stereocenters. The summed E-state index contributed by atoms with van der Waals surface area (Å²) in [5.74, 6) is -0.0711. The number of rotatable bonds is 4. The first kappa shape index (κ1) is 13.2. The fourth-order valence-electron chi connectivity index (χ4n) is 0.891. The Hall–Kier alpha value is -0.890. The van der Waals surface area contributed by atoms with Gasteiger partial charge in [0.2, 0.25) is 10.1 Å². The molecular formula is C8H12F3N3OS. The summed E-state index contributed by atoms with van der Waals surface area (Å²) >= 11 is 0.456. The predicted octanol–water partition coefficient (Wildman–Crippen LogP) is 1.99. The Morgan fingerprint density at radius 3 is 2.44 bits per heavy atom. The Balaban J connectivity index is 2.66. The molecule has 0 radical (unpaired) electrons. The van der Waals surface area contributed by atoms with E-state index in [1.165, 1.54) is 0 Å². The quantitative estimate of drug-likeness (QED) is 0.863. The molecule has 1 aromatic heterocycles. The second-order valence-electron chi connectivity index (χ2n) is 3.50. The van der Waals surface area contributed by atoms with Gasteiger partial charge in [-0.3, -0.25) is 0 Å². The lowest BCUT2D eigenvalue weighted by Gasteiger charge is -2.17. The molecule has 0 saturated carbocycles. The van der Waals surface area contributed by atoms with Crippen molar-refractivity contribution < 1.29 is 18.3 Å². The smallest absolute Gasteiger partial charge is 0.396 e. The highest BCUT2D eigenvalue weighted by atomic mass is 32.1. The van der Waals surface area contributed by atoms with Crippen LogP contribution in [0, 0.1) is 5.92 Å². The van der Waals surface area contributed by atoms with Gasteiger partial charge in [-0.25, -0.2) is 0 Å². The van der Waals surface area contributed by atoms with Gasteiger partial charge in [-0.05, 0) is 12.8 Å². The van der Waals surface area contributed by atoms with Crippen LogP contribution in [0.3, 0.4) is 0 Å². The zero-order chi connectivity index (χ0) is 12.3. The second kappa shape index (κ2) is 4.96. The van der Waals surface area contributed by atoms with Crippen molar-refractivity contribution in [3.05, 3.63) is 5.01 Å². The fraction of sp³-hybridized carbons (Fsp3) is 0.750. The molecule has 0 aromatic carbocycles. The molecular weight excluding hydrogens is 243 g/mol. The molecule has 1 heterocycles. The second-order valence-corrected chi connectivity index (χ2v) is 4.48. The van der Waals surface area contributed by atoms with Crippen LogP contribution in [0.2, 0.25) is 0 Å². The minimum atomic E-state index is -4.45. The van der Waals surface area contributed by atoms with Gasteiger partial charge in [-0.1, -0.05) is 18.3 Å². The van der Waals surface area contributed by atoms with Gasteiger partial charge in [0.1, 0.15) is 0 Å². The standard InChI is InChI=1S/C8H12F3N3OS/c1-4(3-15)5(2)12-7-14-13-6(16-7)8(9,10)11/h4-5,15H,3H2,1-2H3,(H,12,14). The van der Waals surface area contributed by atoms with Crippen LogP contribution in [0.4, 0.5) is 18.3 Å². The predicted molar refractivity (Wildman–Crippen MR) is 54.2 cm³/mol. The van der Waals surface area contributed by atoms with E-state index in [9.17, 15) is 13.2 Å². The Kier molecular flexibility index (Phi) is 4.09. The van der Waals surface area contributed by atoms with Crippen molar-refractivity contribution in [3.8, 4) is 0 Å². The van der Waals surface area contributed by atoms with Crippen LogP contribution in [0.5, 0.6) is 0 Å². The van der Waals surface area contributed by atoms with Crippen molar-refractivity contribution in [2.75, 3.05) is 11.9 Å². The molecule has 16 heavy (non-hydrogen) atoms. The van der Waals surface area contributed by atoms with E-state index in [1.807, 2.05) is 0 Å². The van der Waals surface area contributed by atoms with Crippen molar-refractivity contribution >= 4 is 16.5 Å². The van der Waals surface area contributed by atoms with Gasteiger partial charge in [-0.2, -0.15) is 13.2 Å². The zero-order valence-corrected chi connectivity index (χ0v) is 9.56. The molecule has 1 aromatic rings. The maximum absolute atomic E-state index is 12.2. The van der Waals surface area contributed by atoms with Gasteiger partial charge >= 0.3 is 6.18 Å². The molecule has 2 N–H and O–H groups in total. The van der Waals surface area contributed by atoms with Crippen LogP contribution in [0.25, 0.3) is 0 Å². The molecule has 2 unspecified atom stereocenters. The van der Waals surface area contributed by atoms with Crippen LogP contribution in [-0.4, -0.2) is 28.0 Å². The van der Waals surface area contributed by atoms with E-state index < -0.39 is 11.2 Å². The van der Waals surface area contributed by atoms with Crippen molar-refractivity contribution in [1.82, 2.24) is 10.2 Å². The molecule has 0 aliphatic carbocycles. The third kappa shape index (κ3) is 3.31. The summed E-state index contributed by atoms with van der Waals surface area (Å²) in [5.41, 5.74) is 0. The summed E-state index contributed by atoms with van der Waals surface area (Å²) < 4.78 is 36.6. The van der Waals surface area contributed by atoms with Crippen molar-refractivity contribution in [2.24, 2.45) is 5.92 Å². The first-order chi connectivity index (χ1) is 7.34. The number of aliphatic hydroxyl groups is 1. The Morgan fingerprint density at radius 1 is 1.38 bits per heavy atom. The minimum Gasteiger partial charge on any atom is -0.396 e. The van der Waals surface area contributed by atoms with Crippen LogP contribution < -0.4 is 5.32 Å². The SMILES string of the molecule is CC(CO)C(C)Nc1nnc(C(F)(F)F)s1. The van der Waals surface area contributed by atoms with E-state index in [2.05, 4.69) is 15.5 Å². The summed E-state index contributed by atoms with van der Waals surface area (Å²) in [5, 5.41) is 17.2. The lowest BCUT2D eigenvalue weighted by Crippen LogP contribution is -2.26. The Labute approximate surface area is 94.5 Å². The number of alkyl halides is 3. The molecule has 1 rings (SSSR count). The van der Waals surface area contributed by atoms with E-state index in [1.54, 1.807) is 13.8 Å². The third-order valence-electron chi connectivity index (χ3n) is 2.16. The van der Waals surface area contributed by atoms with Gasteiger partial charge in [-0.15, -0.1) is 10.2 Å². The van der Waals surface area contributed by atoms with E-state index >= 15 is 0 Å². The molecule has 92 valence electrons. The maximum Gasteiger partial charge on any atom is 0.445 e. The largest absolute Gasteiger partial charge is 0.445 e. The normalized spacial score (nSPS) is 15.9. The molecule has 0 aliphatic heterocycles. The number of nitrogens with one attached hydrogen (secondary N) is 1. The monoisotopic (exact) mass is 255 g/mol. The molecule has 0 bridgehead atoms. The van der Waals surface area contributed by atoms with Gasteiger partial charge in [0.05, 0.1) is 0 Å². The van der Waals surface area contributed by atoms with E-state index in [-0.39, 0.29) is 23.7 Å². The van der Waals surface area contributed by atoms with Crippen molar-refractivity contribution in [2.45, 2.75) is 26.1 Å². The highest BCUT2D eigenvalue weighted by Crippen LogP contribution is 2.33. The average Bonchev–Trinajstić information content (AvgIpc) is 2.64. The van der Waals surface area contributed by atoms with Gasteiger partial charge in [0, 0.05) is 12.6 Å². The number of aromatic nitrogens is 2. The third-order valence-corrected chi connectivity index (χ3v) is 3.06. The van der Waals surface area contributed by atoms with Gasteiger partial charge < -0.3 is 10.4 Å². The highest BCUT2D eigenvalue weighted by molar-refractivity contribution is 7.15. The Bertz CT molecular complexity index is 342. The first-order valence-corrected chi connectivity index (χ1v) is 5.44. The van der Waals surface area contributed by atoms with Crippen molar-refractivity contribution in [3.63, 3.8) is 0 Å². The minimum absolute atomic E-state index is 0.0426. The van der Waals surface area contributed by atoms with Gasteiger partial charge in [0.25, 0.3) is 0 Å². The first-order valence-electron chi connectivity index (χ1n) is 4.62. The summed E-state index contributed by atoms with van der Waals surface area (Å²) in [6.45, 7) is 3.50. The summed E-state index contributed by atoms with van der Waals surface area (Å²) in [7, 11) is 0. The lowest BCUT2D eigenvalue weighted by atomic mass is 10.1. The highest BCUT2D eigenvalue weighted by Gasteiger charge is 2.35. The Morgan fingerprint density at radius 2 is 2.00 bits per heavy atom. The van der Waals surface area contributed by atoms with Crippen molar-refractivity contribution in [1.29, 1.82) is 0 Å². The molecule has 0 amide bonds. The van der Waals surface area contributed by atoms with Gasteiger partial charge in [0.15, 0.2) is 0 Å². The maximum atomic E-state index is 12.2. The number of anilines is 1. The lowest BCUT2D eigenvalue weighted by molar-refractivity contribution is -0.138. The summed E-state index contributed by atoms with van der Waals surface area (Å²) in [4.78, 5) is 0. The molecule has 0 saturated heterocycles. The molecule has 0 fully saturated rings. The number of hydrogen-bond acceptors (Lipinski definition) is 5. The van der Waals surface area contributed by atoms with E-state index in [0.717, 1.165) is 0 Å². The zero-order valence-electron chi connectivity index (χ0n) is 8.75. The summed E-state index contributed by atoms with van der Waals surface area (Å²) in [6.07, 6.45) is -4.45. The van der Waals surface area contributed by atoms with Crippen LogP contribution in [0.15, 0.2) is 0 Å². The van der Waals surface area contributed by atoms with Crippen LogP contribution in [-0.2, 0) is 6.18 Å². The molecule has 0 aliphatic rings. The van der Waals surface area contributed by atoms with Crippen LogP contribution in [0.1, 0.15) is 18.9 Å². The number of hydrogen-bond donors (Lipinski definition) is 2. The molecule has 4 nitrogen and oxygen atoms in total. The van der Waals surface area contributed by atoms with E-state index in [0.29, 0.717) is 11.3 Å². The van der Waals surface area contributed by atoms with Crippen LogP contribution >= 0.6 is 11.3 Å². The summed E-state index contributed by atoms with van der Waals surface area (Å²) in [6, 6.07) is -0.168. The number of nitrogens with zero attached hydrogens (tertiary/aromatic N) is 2. The number of halogens is 3. The number of aliphatic hydroxyl groups excluding tert-OH is 1. The van der Waals surface area contributed by atoms with E-state index in [4.69, 9.17) is 5.11 Å². The average molecular weight is 255 g/mol. The molecule has 0 spiro atoms. The topological polar surface area (TPSA) is 58.0 Å².